The summed E-state index contributed by atoms with van der Waals surface area (Å²) >= 11 is 2.97. The Kier molecular flexibility index (Phi) is 3.28. The zero-order valence-corrected chi connectivity index (χ0v) is 10.0. The van der Waals surface area contributed by atoms with Crippen molar-refractivity contribution >= 4 is 15.9 Å². The van der Waals surface area contributed by atoms with E-state index in [-0.39, 0.29) is 16.0 Å². The van der Waals surface area contributed by atoms with Gasteiger partial charge < -0.3 is 10.8 Å². The first-order valence-corrected chi connectivity index (χ1v) is 5.88. The topological polar surface area (TPSA) is 46.2 Å². The molecular formula is C11H12BrF2NO. The van der Waals surface area contributed by atoms with Crippen molar-refractivity contribution in [3.63, 3.8) is 0 Å². The van der Waals surface area contributed by atoms with Crippen LogP contribution in [-0.2, 0) is 0 Å². The molecule has 16 heavy (non-hydrogen) atoms. The van der Waals surface area contributed by atoms with E-state index in [1.807, 2.05) is 0 Å². The van der Waals surface area contributed by atoms with E-state index >= 15 is 0 Å². The average molecular weight is 292 g/mol. The van der Waals surface area contributed by atoms with Crippen LogP contribution < -0.4 is 5.73 Å². The standard InChI is InChI=1S/C11H12BrF2NO/c12-6-3-4-7(13)8(9(6)14)10(15)11(16)5-1-2-5/h3-5,10-11,16H,1-2,15H2/t10-,11+/m1/s1. The summed E-state index contributed by atoms with van der Waals surface area (Å²) in [5, 5.41) is 9.78. The molecule has 1 saturated carbocycles. The quantitative estimate of drug-likeness (QED) is 0.841. The molecule has 1 aromatic carbocycles. The molecule has 0 aliphatic heterocycles. The fraction of sp³-hybridized carbons (Fsp3) is 0.455. The Hall–Kier alpha value is -0.520. The molecule has 0 saturated heterocycles. The van der Waals surface area contributed by atoms with Crippen LogP contribution in [0.15, 0.2) is 16.6 Å². The van der Waals surface area contributed by atoms with Crippen molar-refractivity contribution in [1.82, 2.24) is 0 Å². The summed E-state index contributed by atoms with van der Waals surface area (Å²) < 4.78 is 27.3. The maximum Gasteiger partial charge on any atom is 0.145 e. The van der Waals surface area contributed by atoms with Gasteiger partial charge in [-0.05, 0) is 46.8 Å². The van der Waals surface area contributed by atoms with Crippen LogP contribution in [0.4, 0.5) is 8.78 Å². The molecule has 0 spiro atoms. The second-order valence-corrected chi connectivity index (χ2v) is 4.97. The van der Waals surface area contributed by atoms with E-state index in [0.717, 1.165) is 18.9 Å². The molecule has 0 bridgehead atoms. The van der Waals surface area contributed by atoms with Crippen molar-refractivity contribution in [2.45, 2.75) is 25.0 Å². The molecule has 0 amide bonds. The molecule has 2 atom stereocenters. The highest BCUT2D eigenvalue weighted by molar-refractivity contribution is 9.10. The summed E-state index contributed by atoms with van der Waals surface area (Å²) in [5.74, 6) is -1.37. The SMILES string of the molecule is N[C@H](c1c(F)ccc(Br)c1F)[C@@H](O)C1CC1. The fourth-order valence-electron chi connectivity index (χ4n) is 1.75. The molecule has 1 aromatic rings. The Morgan fingerprint density at radius 2 is 2.00 bits per heavy atom. The van der Waals surface area contributed by atoms with Crippen LogP contribution >= 0.6 is 15.9 Å². The third-order valence-electron chi connectivity index (χ3n) is 2.89. The van der Waals surface area contributed by atoms with Crippen molar-refractivity contribution in [2.24, 2.45) is 11.7 Å². The zero-order chi connectivity index (χ0) is 11.9. The summed E-state index contributed by atoms with van der Waals surface area (Å²) in [6, 6.07) is 1.41. The van der Waals surface area contributed by atoms with E-state index in [2.05, 4.69) is 15.9 Å². The average Bonchev–Trinajstić information content (AvgIpc) is 3.06. The Morgan fingerprint density at radius 3 is 2.56 bits per heavy atom. The Balaban J connectivity index is 2.34. The lowest BCUT2D eigenvalue weighted by molar-refractivity contribution is 0.119. The molecule has 0 unspecified atom stereocenters. The molecule has 5 heteroatoms. The van der Waals surface area contributed by atoms with Crippen LogP contribution in [0.25, 0.3) is 0 Å². The normalized spacial score (nSPS) is 19.6. The first kappa shape index (κ1) is 12.0. The summed E-state index contributed by atoms with van der Waals surface area (Å²) in [7, 11) is 0. The maximum absolute atomic E-state index is 13.7. The fourth-order valence-corrected chi connectivity index (χ4v) is 2.10. The molecule has 2 rings (SSSR count). The van der Waals surface area contributed by atoms with Crippen molar-refractivity contribution in [1.29, 1.82) is 0 Å². The lowest BCUT2D eigenvalue weighted by atomic mass is 9.98. The van der Waals surface area contributed by atoms with Gasteiger partial charge in [-0.25, -0.2) is 8.78 Å². The third kappa shape index (κ3) is 2.12. The number of aliphatic hydroxyl groups excluding tert-OH is 1. The largest absolute Gasteiger partial charge is 0.391 e. The van der Waals surface area contributed by atoms with E-state index in [0.29, 0.717) is 0 Å². The van der Waals surface area contributed by atoms with Gasteiger partial charge in [0, 0.05) is 5.56 Å². The van der Waals surface area contributed by atoms with E-state index in [9.17, 15) is 13.9 Å². The predicted octanol–water partition coefficient (Wildman–Crippen LogP) is 2.50. The first-order valence-electron chi connectivity index (χ1n) is 5.09. The number of halogens is 3. The molecule has 88 valence electrons. The number of aliphatic hydroxyl groups is 1. The van der Waals surface area contributed by atoms with Gasteiger partial charge >= 0.3 is 0 Å². The number of rotatable bonds is 3. The predicted molar refractivity (Wildman–Crippen MR) is 59.7 cm³/mol. The number of hydrogen-bond acceptors (Lipinski definition) is 2. The van der Waals surface area contributed by atoms with Gasteiger partial charge in [0.25, 0.3) is 0 Å². The Labute approximate surface area is 101 Å². The molecule has 1 aliphatic rings. The van der Waals surface area contributed by atoms with Crippen LogP contribution in [0.5, 0.6) is 0 Å². The van der Waals surface area contributed by atoms with Gasteiger partial charge in [-0.3, -0.25) is 0 Å². The monoisotopic (exact) mass is 291 g/mol. The van der Waals surface area contributed by atoms with Crippen LogP contribution in [-0.4, -0.2) is 11.2 Å². The summed E-state index contributed by atoms with van der Waals surface area (Å²) in [4.78, 5) is 0. The van der Waals surface area contributed by atoms with Gasteiger partial charge in [-0.1, -0.05) is 0 Å². The minimum absolute atomic E-state index is 0.0766. The molecule has 3 N–H and O–H groups in total. The van der Waals surface area contributed by atoms with Gasteiger partial charge in [-0.2, -0.15) is 0 Å². The maximum atomic E-state index is 13.7. The highest BCUT2D eigenvalue weighted by Crippen LogP contribution is 2.38. The van der Waals surface area contributed by atoms with E-state index in [4.69, 9.17) is 5.73 Å². The van der Waals surface area contributed by atoms with Gasteiger partial charge in [0.05, 0.1) is 16.6 Å². The molecule has 1 aliphatic carbocycles. The van der Waals surface area contributed by atoms with Gasteiger partial charge in [0.1, 0.15) is 11.6 Å². The van der Waals surface area contributed by atoms with E-state index in [1.165, 1.54) is 6.07 Å². The van der Waals surface area contributed by atoms with Crippen molar-refractivity contribution in [3.05, 3.63) is 33.8 Å². The molecular weight excluding hydrogens is 280 g/mol. The number of nitrogens with two attached hydrogens (primary N) is 1. The number of benzene rings is 1. The second kappa shape index (κ2) is 4.39. The zero-order valence-electron chi connectivity index (χ0n) is 8.46. The van der Waals surface area contributed by atoms with Crippen LogP contribution in [0.3, 0.4) is 0 Å². The molecule has 0 radical (unpaired) electrons. The van der Waals surface area contributed by atoms with Crippen LogP contribution in [0, 0.1) is 17.6 Å². The Morgan fingerprint density at radius 1 is 1.38 bits per heavy atom. The highest BCUT2D eigenvalue weighted by Gasteiger charge is 2.36. The van der Waals surface area contributed by atoms with Gasteiger partial charge in [-0.15, -0.1) is 0 Å². The minimum Gasteiger partial charge on any atom is -0.391 e. The third-order valence-corrected chi connectivity index (χ3v) is 3.50. The minimum atomic E-state index is -1.01. The van der Waals surface area contributed by atoms with Crippen LogP contribution in [0.1, 0.15) is 24.4 Å². The molecule has 2 nitrogen and oxygen atoms in total. The lowest BCUT2D eigenvalue weighted by Gasteiger charge is -2.20. The summed E-state index contributed by atoms with van der Waals surface area (Å²) in [6.45, 7) is 0. The first-order chi connectivity index (χ1) is 7.52. The van der Waals surface area contributed by atoms with Crippen LogP contribution in [0.2, 0.25) is 0 Å². The number of hydrogen-bond donors (Lipinski definition) is 2. The van der Waals surface area contributed by atoms with Gasteiger partial charge in [0.15, 0.2) is 0 Å². The highest BCUT2D eigenvalue weighted by atomic mass is 79.9. The van der Waals surface area contributed by atoms with Crippen molar-refractivity contribution in [3.8, 4) is 0 Å². The van der Waals surface area contributed by atoms with Gasteiger partial charge in [0.2, 0.25) is 0 Å². The molecule has 0 heterocycles. The lowest BCUT2D eigenvalue weighted by Crippen LogP contribution is -2.29. The van der Waals surface area contributed by atoms with Crippen molar-refractivity contribution < 1.29 is 13.9 Å². The Bertz CT molecular complexity index is 409. The van der Waals surface area contributed by atoms with Crippen molar-refractivity contribution in [2.75, 3.05) is 0 Å². The smallest absolute Gasteiger partial charge is 0.145 e. The van der Waals surface area contributed by atoms with E-state index in [1.54, 1.807) is 0 Å². The molecule has 0 aromatic heterocycles. The molecule has 1 fully saturated rings. The summed E-state index contributed by atoms with van der Waals surface area (Å²) in [6.07, 6.45) is 0.858. The summed E-state index contributed by atoms with van der Waals surface area (Å²) in [5.41, 5.74) is 5.46. The second-order valence-electron chi connectivity index (χ2n) is 4.11. The van der Waals surface area contributed by atoms with E-state index < -0.39 is 23.8 Å².